The normalized spacial score (nSPS) is 16.0. The second-order valence-corrected chi connectivity index (χ2v) is 11.9. The predicted octanol–water partition coefficient (Wildman–Crippen LogP) is 7.09. The summed E-state index contributed by atoms with van der Waals surface area (Å²) in [4.78, 5) is 20.3. The molecular weight excluding hydrogens is 695 g/mol. The summed E-state index contributed by atoms with van der Waals surface area (Å²) in [5.74, 6) is -1.81. The second kappa shape index (κ2) is 37.6. The van der Waals surface area contributed by atoms with E-state index in [1.54, 1.807) is 0 Å². The van der Waals surface area contributed by atoms with Gasteiger partial charge < -0.3 is 31.3 Å². The monoisotopic (exact) mass is 763 g/mol. The Morgan fingerprint density at radius 2 is 0.707 bits per heavy atom. The van der Waals surface area contributed by atoms with Gasteiger partial charge in [-0.3, -0.25) is 0 Å². The number of carbonyl (C=O) groups is 2. The molecule has 0 aromatic heterocycles. The maximum Gasteiger partial charge on any atom is 2.00 e. The molecule has 6 nitrogen and oxygen atoms in total. The molecule has 2 unspecified atom stereocenters. The number of nitrogens with two attached hydrogens (primary N) is 2. The molecule has 0 aromatic carbocycles. The van der Waals surface area contributed by atoms with E-state index in [2.05, 4.69) is 13.8 Å². The first-order chi connectivity index (χ1) is 19.3. The number of hydrogen-bond donors (Lipinski definition) is 2. The van der Waals surface area contributed by atoms with Crippen LogP contribution in [0.25, 0.3) is 0 Å². The summed E-state index contributed by atoms with van der Waals surface area (Å²) in [6.45, 7) is 4.49. The SMILES string of the molecule is CCCCCCCCCCCCCC(=O)[O-].CCCCCCCCCCCCCC(=O)[O-].NC1CCCCC1N.[Pt+2]. The van der Waals surface area contributed by atoms with Gasteiger partial charge in [0.05, 0.1) is 0 Å². The van der Waals surface area contributed by atoms with Gasteiger partial charge in [0.25, 0.3) is 0 Å². The van der Waals surface area contributed by atoms with Crippen molar-refractivity contribution in [2.45, 2.75) is 206 Å². The van der Waals surface area contributed by atoms with Crippen LogP contribution in [-0.2, 0) is 30.7 Å². The minimum absolute atomic E-state index is 0. The number of aliphatic carboxylic acids is 2. The van der Waals surface area contributed by atoms with Crippen molar-refractivity contribution in [2.24, 2.45) is 11.5 Å². The quantitative estimate of drug-likeness (QED) is 0.101. The fourth-order valence-corrected chi connectivity index (χ4v) is 5.06. The van der Waals surface area contributed by atoms with Crippen LogP contribution in [0.4, 0.5) is 0 Å². The Kier molecular flexibility index (Phi) is 41.2. The summed E-state index contributed by atoms with van der Waals surface area (Å²) >= 11 is 0. The molecule has 0 bridgehead atoms. The molecule has 0 heterocycles. The van der Waals surface area contributed by atoms with E-state index in [4.69, 9.17) is 11.5 Å². The van der Waals surface area contributed by atoms with E-state index in [0.717, 1.165) is 38.5 Å². The molecular formula is C34H68N2O4Pt. The van der Waals surface area contributed by atoms with E-state index in [0.29, 0.717) is 0 Å². The van der Waals surface area contributed by atoms with Crippen molar-refractivity contribution in [1.82, 2.24) is 0 Å². The van der Waals surface area contributed by atoms with Crippen molar-refractivity contribution in [3.63, 3.8) is 0 Å². The average Bonchev–Trinajstić information content (AvgIpc) is 2.92. The number of carboxylic acids is 2. The molecule has 4 N–H and O–H groups in total. The van der Waals surface area contributed by atoms with Gasteiger partial charge in [0, 0.05) is 24.0 Å². The molecule has 0 amide bonds. The van der Waals surface area contributed by atoms with Crippen LogP contribution in [0, 0.1) is 0 Å². The zero-order valence-corrected chi connectivity index (χ0v) is 29.3. The number of carbonyl (C=O) groups excluding carboxylic acids is 2. The summed E-state index contributed by atoms with van der Waals surface area (Å²) in [5.41, 5.74) is 11.3. The first-order valence-electron chi connectivity index (χ1n) is 17.3. The Morgan fingerprint density at radius 3 is 0.902 bits per heavy atom. The fourth-order valence-electron chi connectivity index (χ4n) is 5.06. The van der Waals surface area contributed by atoms with E-state index in [9.17, 15) is 19.8 Å². The van der Waals surface area contributed by atoms with E-state index >= 15 is 0 Å². The summed E-state index contributed by atoms with van der Waals surface area (Å²) in [6, 6.07) is 0.562. The summed E-state index contributed by atoms with van der Waals surface area (Å²) < 4.78 is 0. The van der Waals surface area contributed by atoms with Crippen LogP contribution < -0.4 is 21.7 Å². The molecule has 41 heavy (non-hydrogen) atoms. The molecule has 0 saturated heterocycles. The topological polar surface area (TPSA) is 132 Å². The molecule has 0 spiro atoms. The zero-order chi connectivity index (χ0) is 30.1. The van der Waals surface area contributed by atoms with Crippen molar-refractivity contribution in [1.29, 1.82) is 0 Å². The number of rotatable bonds is 24. The Hall–Kier alpha value is -0.452. The van der Waals surface area contributed by atoms with Crippen LogP contribution in [0.15, 0.2) is 0 Å². The molecule has 0 aromatic rings. The predicted molar refractivity (Wildman–Crippen MR) is 167 cm³/mol. The van der Waals surface area contributed by atoms with Crippen LogP contribution >= 0.6 is 0 Å². The summed E-state index contributed by atoms with van der Waals surface area (Å²) in [6.07, 6.45) is 32.9. The van der Waals surface area contributed by atoms with E-state index in [1.807, 2.05) is 0 Å². The third-order valence-corrected chi connectivity index (χ3v) is 7.84. The first-order valence-corrected chi connectivity index (χ1v) is 17.3. The minimum Gasteiger partial charge on any atom is -0.550 e. The number of hydrogen-bond acceptors (Lipinski definition) is 6. The van der Waals surface area contributed by atoms with E-state index in [1.165, 1.54) is 128 Å². The average molecular weight is 764 g/mol. The molecule has 0 radical (unpaired) electrons. The van der Waals surface area contributed by atoms with E-state index in [-0.39, 0.29) is 46.0 Å². The minimum atomic E-state index is -0.907. The second-order valence-electron chi connectivity index (χ2n) is 11.9. The first kappa shape index (κ1) is 45.0. The van der Waals surface area contributed by atoms with Crippen molar-refractivity contribution >= 4 is 11.9 Å². The van der Waals surface area contributed by atoms with Crippen molar-refractivity contribution in [3.8, 4) is 0 Å². The molecule has 7 heteroatoms. The fraction of sp³-hybridized carbons (Fsp3) is 0.941. The van der Waals surface area contributed by atoms with Crippen LogP contribution in [0.3, 0.4) is 0 Å². The summed E-state index contributed by atoms with van der Waals surface area (Å²) in [7, 11) is 0. The van der Waals surface area contributed by atoms with Crippen molar-refractivity contribution in [2.75, 3.05) is 0 Å². The molecule has 1 fully saturated rings. The van der Waals surface area contributed by atoms with Gasteiger partial charge in [0.15, 0.2) is 0 Å². The molecule has 1 rings (SSSR count). The molecule has 1 aliphatic rings. The number of unbranched alkanes of at least 4 members (excludes halogenated alkanes) is 20. The molecule has 1 saturated carbocycles. The molecule has 248 valence electrons. The third kappa shape index (κ3) is 41.7. The smallest absolute Gasteiger partial charge is 0.550 e. The maximum absolute atomic E-state index is 10.1. The molecule has 0 aliphatic heterocycles. The van der Waals surface area contributed by atoms with Crippen molar-refractivity contribution in [3.05, 3.63) is 0 Å². The van der Waals surface area contributed by atoms with Gasteiger partial charge in [0.2, 0.25) is 0 Å². The van der Waals surface area contributed by atoms with Crippen LogP contribution in [0.5, 0.6) is 0 Å². The van der Waals surface area contributed by atoms with Crippen molar-refractivity contribution < 1.29 is 40.9 Å². The van der Waals surface area contributed by atoms with Gasteiger partial charge in [-0.1, -0.05) is 155 Å². The van der Waals surface area contributed by atoms with E-state index < -0.39 is 11.9 Å². The van der Waals surface area contributed by atoms with Gasteiger partial charge in [-0.05, 0) is 38.5 Å². The van der Waals surface area contributed by atoms with Gasteiger partial charge in [-0.15, -0.1) is 0 Å². The van der Waals surface area contributed by atoms with Crippen LogP contribution in [0.1, 0.15) is 194 Å². The van der Waals surface area contributed by atoms with Gasteiger partial charge in [0.1, 0.15) is 0 Å². The Bertz CT molecular complexity index is 491. The molecule has 2 atom stereocenters. The van der Waals surface area contributed by atoms with Crippen LogP contribution in [-0.4, -0.2) is 24.0 Å². The molecule has 1 aliphatic carbocycles. The third-order valence-electron chi connectivity index (χ3n) is 7.84. The zero-order valence-electron chi connectivity index (χ0n) is 27.1. The summed E-state index contributed by atoms with van der Waals surface area (Å²) in [5, 5.41) is 20.3. The standard InChI is InChI=1S/2C14H28O2.C6H14N2.Pt/c2*1-2-3-4-5-6-7-8-9-10-11-12-13-14(15)16;7-5-3-1-2-4-6(5)8;/h2*2-13H2,1H3,(H,15,16);5-6H,1-4,7-8H2;/q;;;+2/p-2. The van der Waals surface area contributed by atoms with Gasteiger partial charge in [-0.2, -0.15) is 0 Å². The van der Waals surface area contributed by atoms with Gasteiger partial charge in [-0.25, -0.2) is 0 Å². The van der Waals surface area contributed by atoms with Crippen LogP contribution in [0.2, 0.25) is 0 Å². The Labute approximate surface area is 269 Å². The Balaban J connectivity index is -0.000000548. The largest absolute Gasteiger partial charge is 2.00 e. The maximum atomic E-state index is 10.1. The Morgan fingerprint density at radius 1 is 0.488 bits per heavy atom. The van der Waals surface area contributed by atoms with Gasteiger partial charge >= 0.3 is 21.1 Å². The number of carboxylic acid groups (broad SMARTS) is 2.